The SMILES string of the molecule is C=CCNc1ccccc1C=O. The largest absolute Gasteiger partial charge is 0.381 e. The van der Waals surface area contributed by atoms with Gasteiger partial charge in [0.25, 0.3) is 0 Å². The van der Waals surface area contributed by atoms with E-state index in [1.807, 2.05) is 18.2 Å². The molecule has 0 saturated carbocycles. The van der Waals surface area contributed by atoms with E-state index >= 15 is 0 Å². The van der Waals surface area contributed by atoms with E-state index in [2.05, 4.69) is 11.9 Å². The van der Waals surface area contributed by atoms with Gasteiger partial charge in [-0.05, 0) is 12.1 Å². The number of nitrogens with one attached hydrogen (secondary N) is 1. The van der Waals surface area contributed by atoms with Gasteiger partial charge in [-0.1, -0.05) is 18.2 Å². The summed E-state index contributed by atoms with van der Waals surface area (Å²) in [5, 5.41) is 3.06. The predicted octanol–water partition coefficient (Wildman–Crippen LogP) is 2.10. The van der Waals surface area contributed by atoms with Crippen LogP contribution in [0.15, 0.2) is 36.9 Å². The molecule has 0 spiro atoms. The molecule has 0 aliphatic rings. The minimum atomic E-state index is 0.671. The van der Waals surface area contributed by atoms with Gasteiger partial charge in [-0.2, -0.15) is 0 Å². The Labute approximate surface area is 71.9 Å². The molecule has 1 rings (SSSR count). The number of carbonyl (C=O) groups excluding carboxylic acids is 1. The average molecular weight is 161 g/mol. The lowest BCUT2D eigenvalue weighted by Gasteiger charge is -2.04. The van der Waals surface area contributed by atoms with Gasteiger partial charge >= 0.3 is 0 Å². The highest BCUT2D eigenvalue weighted by Gasteiger charge is 1.96. The van der Waals surface area contributed by atoms with Crippen molar-refractivity contribution in [2.24, 2.45) is 0 Å². The van der Waals surface area contributed by atoms with Crippen molar-refractivity contribution in [3.63, 3.8) is 0 Å². The number of carbonyl (C=O) groups is 1. The van der Waals surface area contributed by atoms with Crippen LogP contribution in [-0.4, -0.2) is 12.8 Å². The van der Waals surface area contributed by atoms with Crippen LogP contribution in [0.5, 0.6) is 0 Å². The van der Waals surface area contributed by atoms with Gasteiger partial charge in [0.05, 0.1) is 0 Å². The van der Waals surface area contributed by atoms with E-state index in [1.54, 1.807) is 12.1 Å². The fourth-order valence-electron chi connectivity index (χ4n) is 0.943. The highest BCUT2D eigenvalue weighted by atomic mass is 16.1. The number of hydrogen-bond donors (Lipinski definition) is 1. The van der Waals surface area contributed by atoms with E-state index < -0.39 is 0 Å². The maximum absolute atomic E-state index is 10.5. The van der Waals surface area contributed by atoms with E-state index in [4.69, 9.17) is 0 Å². The summed E-state index contributed by atoms with van der Waals surface area (Å²) in [6, 6.07) is 7.37. The highest BCUT2D eigenvalue weighted by Crippen LogP contribution is 2.11. The first kappa shape index (κ1) is 8.53. The summed E-state index contributed by atoms with van der Waals surface area (Å²) in [5.74, 6) is 0. The van der Waals surface area contributed by atoms with Gasteiger partial charge in [-0.15, -0.1) is 6.58 Å². The first-order chi connectivity index (χ1) is 5.88. The lowest BCUT2D eigenvalue weighted by atomic mass is 10.2. The summed E-state index contributed by atoms with van der Waals surface area (Å²) in [5.41, 5.74) is 1.53. The summed E-state index contributed by atoms with van der Waals surface area (Å²) in [7, 11) is 0. The van der Waals surface area contributed by atoms with Crippen molar-refractivity contribution in [2.45, 2.75) is 0 Å². The molecule has 0 aliphatic heterocycles. The van der Waals surface area contributed by atoms with Crippen molar-refractivity contribution >= 4 is 12.0 Å². The van der Waals surface area contributed by atoms with Crippen LogP contribution in [0.4, 0.5) is 5.69 Å². The van der Waals surface area contributed by atoms with Crippen molar-refractivity contribution < 1.29 is 4.79 Å². The molecule has 0 heterocycles. The van der Waals surface area contributed by atoms with Crippen LogP contribution in [0.3, 0.4) is 0 Å². The molecule has 0 atom stereocenters. The van der Waals surface area contributed by atoms with E-state index in [0.29, 0.717) is 12.1 Å². The van der Waals surface area contributed by atoms with Crippen LogP contribution in [-0.2, 0) is 0 Å². The topological polar surface area (TPSA) is 29.1 Å². The third-order valence-corrected chi connectivity index (χ3v) is 1.52. The second kappa shape index (κ2) is 4.34. The van der Waals surface area contributed by atoms with Gasteiger partial charge in [0.15, 0.2) is 6.29 Å². The third kappa shape index (κ3) is 1.95. The van der Waals surface area contributed by atoms with Gasteiger partial charge in [-0.3, -0.25) is 4.79 Å². The number of hydrogen-bond acceptors (Lipinski definition) is 2. The maximum Gasteiger partial charge on any atom is 0.152 e. The molecule has 0 aliphatic carbocycles. The quantitative estimate of drug-likeness (QED) is 0.541. The Morgan fingerprint density at radius 3 is 2.83 bits per heavy atom. The maximum atomic E-state index is 10.5. The van der Waals surface area contributed by atoms with Crippen LogP contribution in [0.1, 0.15) is 10.4 Å². The van der Waals surface area contributed by atoms with Crippen LogP contribution >= 0.6 is 0 Å². The Kier molecular flexibility index (Phi) is 3.08. The van der Waals surface area contributed by atoms with Crippen LogP contribution in [0.25, 0.3) is 0 Å². The Balaban J connectivity index is 2.81. The Morgan fingerprint density at radius 1 is 1.42 bits per heavy atom. The minimum Gasteiger partial charge on any atom is -0.381 e. The van der Waals surface area contributed by atoms with Crippen molar-refractivity contribution in [3.05, 3.63) is 42.5 Å². The monoisotopic (exact) mass is 161 g/mol. The number of anilines is 1. The van der Waals surface area contributed by atoms with Crippen molar-refractivity contribution in [1.29, 1.82) is 0 Å². The summed E-state index contributed by atoms with van der Waals surface area (Å²) in [4.78, 5) is 10.5. The van der Waals surface area contributed by atoms with Gasteiger partial charge in [0.2, 0.25) is 0 Å². The smallest absolute Gasteiger partial charge is 0.152 e. The molecule has 0 unspecified atom stereocenters. The number of benzene rings is 1. The molecule has 62 valence electrons. The summed E-state index contributed by atoms with van der Waals surface area (Å²) >= 11 is 0. The third-order valence-electron chi connectivity index (χ3n) is 1.52. The molecular weight excluding hydrogens is 150 g/mol. The Hall–Kier alpha value is -1.57. The normalized spacial score (nSPS) is 9.00. The van der Waals surface area contributed by atoms with E-state index in [-0.39, 0.29) is 0 Å². The highest BCUT2D eigenvalue weighted by molar-refractivity contribution is 5.84. The molecule has 0 saturated heterocycles. The van der Waals surface area contributed by atoms with Crippen LogP contribution in [0, 0.1) is 0 Å². The lowest BCUT2D eigenvalue weighted by Crippen LogP contribution is -2.00. The average Bonchev–Trinajstić information content (AvgIpc) is 2.15. The molecule has 1 aromatic carbocycles. The second-order valence-corrected chi connectivity index (χ2v) is 2.37. The number of aldehydes is 1. The Bertz CT molecular complexity index is 281. The molecule has 0 aromatic heterocycles. The molecule has 1 N–H and O–H groups in total. The van der Waals surface area contributed by atoms with Gasteiger partial charge in [0, 0.05) is 17.8 Å². The zero-order chi connectivity index (χ0) is 8.81. The first-order valence-electron chi connectivity index (χ1n) is 3.77. The number of para-hydroxylation sites is 1. The summed E-state index contributed by atoms with van der Waals surface area (Å²) in [6.07, 6.45) is 2.59. The standard InChI is InChI=1S/C10H11NO/c1-2-7-11-10-6-4-3-5-9(10)8-12/h2-6,8,11H,1,7H2. The molecule has 12 heavy (non-hydrogen) atoms. The second-order valence-electron chi connectivity index (χ2n) is 2.37. The molecule has 2 heteroatoms. The summed E-state index contributed by atoms with van der Waals surface area (Å²) < 4.78 is 0. The molecule has 1 aromatic rings. The van der Waals surface area contributed by atoms with Gasteiger partial charge in [-0.25, -0.2) is 0 Å². The van der Waals surface area contributed by atoms with Crippen LogP contribution < -0.4 is 5.32 Å². The van der Waals surface area contributed by atoms with Crippen molar-refractivity contribution in [2.75, 3.05) is 11.9 Å². The van der Waals surface area contributed by atoms with E-state index in [0.717, 1.165) is 12.0 Å². The Morgan fingerprint density at radius 2 is 2.17 bits per heavy atom. The fourth-order valence-corrected chi connectivity index (χ4v) is 0.943. The van der Waals surface area contributed by atoms with Crippen LogP contribution in [0.2, 0.25) is 0 Å². The number of rotatable bonds is 4. The van der Waals surface area contributed by atoms with Crippen molar-refractivity contribution in [3.8, 4) is 0 Å². The van der Waals surface area contributed by atoms with E-state index in [9.17, 15) is 4.79 Å². The lowest BCUT2D eigenvalue weighted by molar-refractivity contribution is 0.112. The molecule has 0 amide bonds. The summed E-state index contributed by atoms with van der Waals surface area (Å²) in [6.45, 7) is 4.25. The minimum absolute atomic E-state index is 0.671. The molecule has 0 bridgehead atoms. The first-order valence-corrected chi connectivity index (χ1v) is 3.77. The zero-order valence-electron chi connectivity index (χ0n) is 6.79. The zero-order valence-corrected chi connectivity index (χ0v) is 6.79. The molecule has 0 radical (unpaired) electrons. The predicted molar refractivity (Wildman–Crippen MR) is 50.5 cm³/mol. The molecule has 2 nitrogen and oxygen atoms in total. The molecule has 0 fully saturated rings. The van der Waals surface area contributed by atoms with Gasteiger partial charge < -0.3 is 5.32 Å². The van der Waals surface area contributed by atoms with Crippen molar-refractivity contribution in [1.82, 2.24) is 0 Å². The van der Waals surface area contributed by atoms with E-state index in [1.165, 1.54) is 0 Å². The van der Waals surface area contributed by atoms with Gasteiger partial charge in [0.1, 0.15) is 0 Å². The molecular formula is C10H11NO. The fraction of sp³-hybridized carbons (Fsp3) is 0.100.